The van der Waals surface area contributed by atoms with Crippen molar-refractivity contribution in [2.45, 2.75) is 39.0 Å². The first kappa shape index (κ1) is 18.5. The Bertz CT molecular complexity index is 657. The summed E-state index contributed by atoms with van der Waals surface area (Å²) in [5, 5.41) is 0. The van der Waals surface area contributed by atoms with Crippen molar-refractivity contribution < 1.29 is 9.53 Å². The Balaban J connectivity index is 1.82. The van der Waals surface area contributed by atoms with Gasteiger partial charge >= 0.3 is 5.97 Å². The summed E-state index contributed by atoms with van der Waals surface area (Å²) in [5.41, 5.74) is 2.24. The standard InChI is InChI=1S/C21H23BrO2/c1-2-3-4-5-6-17-9-14-20(15-10-17)24-21(23)16-11-18-7-12-19(22)13-8-18/h7-16H,2-6H2,1H3. The summed E-state index contributed by atoms with van der Waals surface area (Å²) in [6.07, 6.45) is 9.30. The molecule has 0 aliphatic rings. The molecular formula is C21H23BrO2. The molecule has 2 aromatic carbocycles. The van der Waals surface area contributed by atoms with Gasteiger partial charge in [-0.3, -0.25) is 0 Å². The van der Waals surface area contributed by atoms with Crippen LogP contribution >= 0.6 is 15.9 Å². The molecule has 0 aliphatic carbocycles. The number of esters is 1. The van der Waals surface area contributed by atoms with E-state index in [4.69, 9.17) is 4.74 Å². The number of aryl methyl sites for hydroxylation is 1. The van der Waals surface area contributed by atoms with Crippen LogP contribution in [0.1, 0.15) is 43.7 Å². The molecule has 3 heteroatoms. The van der Waals surface area contributed by atoms with E-state index in [0.29, 0.717) is 5.75 Å². The Morgan fingerprint density at radius 3 is 2.38 bits per heavy atom. The molecule has 0 saturated heterocycles. The maximum Gasteiger partial charge on any atom is 0.336 e. The van der Waals surface area contributed by atoms with Crippen LogP contribution in [0.25, 0.3) is 6.08 Å². The maximum atomic E-state index is 11.9. The number of carbonyl (C=O) groups is 1. The zero-order valence-corrected chi connectivity index (χ0v) is 15.6. The summed E-state index contributed by atoms with van der Waals surface area (Å²) in [4.78, 5) is 11.9. The minimum atomic E-state index is -0.367. The highest BCUT2D eigenvalue weighted by molar-refractivity contribution is 9.10. The van der Waals surface area contributed by atoms with E-state index in [0.717, 1.165) is 16.5 Å². The SMILES string of the molecule is CCCCCCc1ccc(OC(=O)C=Cc2ccc(Br)cc2)cc1. The van der Waals surface area contributed by atoms with E-state index in [2.05, 4.69) is 22.9 Å². The largest absolute Gasteiger partial charge is 0.423 e. The second-order valence-corrected chi connectivity index (χ2v) is 6.68. The first-order chi connectivity index (χ1) is 11.7. The number of hydrogen-bond acceptors (Lipinski definition) is 2. The van der Waals surface area contributed by atoms with Crippen molar-refractivity contribution in [3.63, 3.8) is 0 Å². The summed E-state index contributed by atoms with van der Waals surface area (Å²) in [6.45, 7) is 2.22. The fourth-order valence-corrected chi connectivity index (χ4v) is 2.63. The van der Waals surface area contributed by atoms with Gasteiger partial charge in [-0.05, 0) is 54.3 Å². The normalized spacial score (nSPS) is 10.9. The average molecular weight is 387 g/mol. The molecule has 0 atom stereocenters. The van der Waals surface area contributed by atoms with Gasteiger partial charge in [0.1, 0.15) is 5.75 Å². The first-order valence-corrected chi connectivity index (χ1v) is 9.21. The summed E-state index contributed by atoms with van der Waals surface area (Å²) in [7, 11) is 0. The highest BCUT2D eigenvalue weighted by Gasteiger charge is 2.01. The molecule has 126 valence electrons. The van der Waals surface area contributed by atoms with Gasteiger partial charge in [0.2, 0.25) is 0 Å². The van der Waals surface area contributed by atoms with E-state index in [1.54, 1.807) is 6.08 Å². The number of benzene rings is 2. The van der Waals surface area contributed by atoms with Crippen molar-refractivity contribution in [3.8, 4) is 5.75 Å². The van der Waals surface area contributed by atoms with Crippen LogP contribution in [0.15, 0.2) is 59.1 Å². The Kier molecular flexibility index (Phi) is 7.76. The number of carbonyl (C=O) groups excluding carboxylic acids is 1. The van der Waals surface area contributed by atoms with Crippen LogP contribution in [-0.4, -0.2) is 5.97 Å². The molecule has 0 saturated carbocycles. The van der Waals surface area contributed by atoms with Crippen LogP contribution in [0.4, 0.5) is 0 Å². The molecule has 0 amide bonds. The van der Waals surface area contributed by atoms with E-state index < -0.39 is 0 Å². The Morgan fingerprint density at radius 2 is 1.71 bits per heavy atom. The third-order valence-corrected chi connectivity index (χ3v) is 4.27. The lowest BCUT2D eigenvalue weighted by Gasteiger charge is -2.04. The van der Waals surface area contributed by atoms with Crippen LogP contribution in [0.2, 0.25) is 0 Å². The molecule has 24 heavy (non-hydrogen) atoms. The van der Waals surface area contributed by atoms with Crippen molar-refractivity contribution in [2.75, 3.05) is 0 Å². The highest BCUT2D eigenvalue weighted by atomic mass is 79.9. The number of halogens is 1. The molecular weight excluding hydrogens is 364 g/mol. The van der Waals surface area contributed by atoms with Gasteiger partial charge in [-0.2, -0.15) is 0 Å². The van der Waals surface area contributed by atoms with Gasteiger partial charge in [0, 0.05) is 10.5 Å². The van der Waals surface area contributed by atoms with Gasteiger partial charge in [-0.15, -0.1) is 0 Å². The van der Waals surface area contributed by atoms with Crippen molar-refractivity contribution in [1.82, 2.24) is 0 Å². The molecule has 0 aliphatic heterocycles. The van der Waals surface area contributed by atoms with E-state index in [1.807, 2.05) is 48.5 Å². The lowest BCUT2D eigenvalue weighted by molar-refractivity contribution is -0.128. The molecule has 2 aromatic rings. The molecule has 0 bridgehead atoms. The number of ether oxygens (including phenoxy) is 1. The summed E-state index contributed by atoms with van der Waals surface area (Å²) in [5.74, 6) is 0.214. The average Bonchev–Trinajstić information content (AvgIpc) is 2.60. The van der Waals surface area contributed by atoms with Gasteiger partial charge < -0.3 is 4.74 Å². The number of unbranched alkanes of at least 4 members (excludes halogenated alkanes) is 3. The maximum absolute atomic E-state index is 11.9. The Labute approximate surface area is 152 Å². The lowest BCUT2D eigenvalue weighted by atomic mass is 10.1. The fourth-order valence-electron chi connectivity index (χ4n) is 2.37. The van der Waals surface area contributed by atoms with Gasteiger partial charge in [0.25, 0.3) is 0 Å². The van der Waals surface area contributed by atoms with Gasteiger partial charge in [0.15, 0.2) is 0 Å². The first-order valence-electron chi connectivity index (χ1n) is 8.42. The summed E-state index contributed by atoms with van der Waals surface area (Å²) in [6, 6.07) is 15.5. The number of hydrogen-bond donors (Lipinski definition) is 0. The Hall–Kier alpha value is -1.87. The van der Waals surface area contributed by atoms with E-state index in [-0.39, 0.29) is 5.97 Å². The number of rotatable bonds is 8. The smallest absolute Gasteiger partial charge is 0.336 e. The van der Waals surface area contributed by atoms with Gasteiger partial charge in [-0.1, -0.05) is 66.4 Å². The predicted molar refractivity (Wildman–Crippen MR) is 103 cm³/mol. The second-order valence-electron chi connectivity index (χ2n) is 5.76. The summed E-state index contributed by atoms with van der Waals surface area (Å²) < 4.78 is 6.33. The highest BCUT2D eigenvalue weighted by Crippen LogP contribution is 2.16. The Morgan fingerprint density at radius 1 is 1.00 bits per heavy atom. The third-order valence-electron chi connectivity index (χ3n) is 3.74. The molecule has 0 unspecified atom stereocenters. The molecule has 0 fully saturated rings. The van der Waals surface area contributed by atoms with Gasteiger partial charge in [-0.25, -0.2) is 4.79 Å². The van der Waals surface area contributed by atoms with Crippen LogP contribution in [0.3, 0.4) is 0 Å². The minimum absolute atomic E-state index is 0.367. The van der Waals surface area contributed by atoms with Crippen LogP contribution in [-0.2, 0) is 11.2 Å². The van der Waals surface area contributed by atoms with E-state index in [1.165, 1.54) is 37.3 Å². The van der Waals surface area contributed by atoms with Crippen LogP contribution in [0, 0.1) is 0 Å². The lowest BCUT2D eigenvalue weighted by Crippen LogP contribution is -2.03. The van der Waals surface area contributed by atoms with Crippen molar-refractivity contribution in [1.29, 1.82) is 0 Å². The molecule has 0 spiro atoms. The predicted octanol–water partition coefficient (Wildman–Crippen LogP) is 6.19. The quantitative estimate of drug-likeness (QED) is 0.234. The monoisotopic (exact) mass is 386 g/mol. The van der Waals surface area contributed by atoms with Crippen molar-refractivity contribution >= 4 is 28.0 Å². The van der Waals surface area contributed by atoms with Crippen molar-refractivity contribution in [2.24, 2.45) is 0 Å². The molecule has 2 rings (SSSR count). The molecule has 2 nitrogen and oxygen atoms in total. The summed E-state index contributed by atoms with van der Waals surface area (Å²) >= 11 is 3.38. The van der Waals surface area contributed by atoms with Gasteiger partial charge in [0.05, 0.1) is 0 Å². The fraction of sp³-hybridized carbons (Fsp3) is 0.286. The molecule has 0 radical (unpaired) electrons. The van der Waals surface area contributed by atoms with Crippen LogP contribution in [0.5, 0.6) is 5.75 Å². The molecule has 0 N–H and O–H groups in total. The minimum Gasteiger partial charge on any atom is -0.423 e. The molecule has 0 heterocycles. The zero-order valence-electron chi connectivity index (χ0n) is 14.0. The van der Waals surface area contributed by atoms with Crippen LogP contribution < -0.4 is 4.74 Å². The van der Waals surface area contributed by atoms with Crippen molar-refractivity contribution in [3.05, 3.63) is 70.2 Å². The van der Waals surface area contributed by atoms with E-state index >= 15 is 0 Å². The third kappa shape index (κ3) is 6.71. The molecule has 0 aromatic heterocycles. The van der Waals surface area contributed by atoms with E-state index in [9.17, 15) is 4.79 Å². The zero-order chi connectivity index (χ0) is 17.2. The topological polar surface area (TPSA) is 26.3 Å². The second kappa shape index (κ2) is 10.1.